The van der Waals surface area contributed by atoms with Crippen molar-refractivity contribution in [3.05, 3.63) is 69.7 Å². The van der Waals surface area contributed by atoms with E-state index < -0.39 is 0 Å². The molecule has 1 fully saturated rings. The smallest absolute Gasteiger partial charge is 0.0595 e. The zero-order chi connectivity index (χ0) is 16.9. The van der Waals surface area contributed by atoms with Crippen LogP contribution >= 0.6 is 23.2 Å². The van der Waals surface area contributed by atoms with Gasteiger partial charge < -0.3 is 5.73 Å². The van der Waals surface area contributed by atoms with E-state index in [-0.39, 0.29) is 0 Å². The quantitative estimate of drug-likeness (QED) is 0.787. The molecule has 0 spiro atoms. The summed E-state index contributed by atoms with van der Waals surface area (Å²) in [5.74, 6) is 1.12. The molecule has 2 nitrogen and oxygen atoms in total. The Balaban J connectivity index is 1.76. The number of nitrogens with two attached hydrogens (primary N) is 1. The molecule has 2 aromatic carbocycles. The number of nitrogens with zero attached hydrogens (tertiary/aromatic N) is 1. The summed E-state index contributed by atoms with van der Waals surface area (Å²) >= 11 is 12.3. The fraction of sp³-hybridized carbons (Fsp3) is 0.400. The first-order chi connectivity index (χ1) is 11.7. The Morgan fingerprint density at radius 3 is 2.50 bits per heavy atom. The molecule has 2 N–H and O–H groups in total. The Morgan fingerprint density at radius 2 is 1.79 bits per heavy atom. The van der Waals surface area contributed by atoms with Crippen LogP contribution in [0.2, 0.25) is 10.0 Å². The highest BCUT2D eigenvalue weighted by molar-refractivity contribution is 6.42. The Hall–Kier alpha value is -1.06. The zero-order valence-corrected chi connectivity index (χ0v) is 15.3. The van der Waals surface area contributed by atoms with Crippen LogP contribution in [0, 0.1) is 5.92 Å². The summed E-state index contributed by atoms with van der Waals surface area (Å²) in [7, 11) is 0. The molecule has 3 rings (SSSR count). The Morgan fingerprint density at radius 1 is 1.00 bits per heavy atom. The van der Waals surface area contributed by atoms with E-state index in [4.69, 9.17) is 28.9 Å². The van der Waals surface area contributed by atoms with Crippen LogP contribution in [0.15, 0.2) is 48.5 Å². The van der Waals surface area contributed by atoms with Gasteiger partial charge in [0.15, 0.2) is 0 Å². The van der Waals surface area contributed by atoms with Gasteiger partial charge in [0.25, 0.3) is 0 Å². The second-order valence-corrected chi connectivity index (χ2v) is 7.47. The lowest BCUT2D eigenvalue weighted by molar-refractivity contribution is 0.312. The summed E-state index contributed by atoms with van der Waals surface area (Å²) in [6.45, 7) is 3.92. The van der Waals surface area contributed by atoms with Crippen molar-refractivity contribution >= 4 is 23.2 Å². The zero-order valence-electron chi connectivity index (χ0n) is 13.8. The van der Waals surface area contributed by atoms with Gasteiger partial charge >= 0.3 is 0 Å². The van der Waals surface area contributed by atoms with Crippen molar-refractivity contribution in [1.82, 2.24) is 4.90 Å². The number of halogens is 2. The average molecular weight is 363 g/mol. The van der Waals surface area contributed by atoms with Gasteiger partial charge in [-0.2, -0.15) is 0 Å². The molecule has 0 bridgehead atoms. The summed E-state index contributed by atoms with van der Waals surface area (Å²) in [6, 6.07) is 16.7. The van der Waals surface area contributed by atoms with Crippen LogP contribution in [-0.2, 0) is 6.54 Å². The third kappa shape index (κ3) is 4.31. The maximum atomic E-state index is 6.24. The summed E-state index contributed by atoms with van der Waals surface area (Å²) in [4.78, 5) is 2.55. The molecule has 1 aliphatic rings. The van der Waals surface area contributed by atoms with Crippen LogP contribution in [0.5, 0.6) is 0 Å². The van der Waals surface area contributed by atoms with Gasteiger partial charge in [0.2, 0.25) is 0 Å². The van der Waals surface area contributed by atoms with E-state index >= 15 is 0 Å². The van der Waals surface area contributed by atoms with Crippen LogP contribution in [0.1, 0.15) is 29.9 Å². The number of hydrogen-bond acceptors (Lipinski definition) is 2. The highest BCUT2D eigenvalue weighted by Gasteiger charge is 2.33. The summed E-state index contributed by atoms with van der Waals surface area (Å²) in [5, 5.41) is 1.27. The van der Waals surface area contributed by atoms with E-state index in [2.05, 4.69) is 41.3 Å². The Labute approximate surface area is 154 Å². The molecular weight excluding hydrogens is 339 g/mol. The van der Waals surface area contributed by atoms with E-state index in [1.54, 1.807) is 0 Å². The molecular formula is C20H24Cl2N2. The predicted molar refractivity (Wildman–Crippen MR) is 103 cm³/mol. The van der Waals surface area contributed by atoms with Gasteiger partial charge in [0.05, 0.1) is 10.0 Å². The topological polar surface area (TPSA) is 29.3 Å². The van der Waals surface area contributed by atoms with E-state index in [1.165, 1.54) is 11.1 Å². The van der Waals surface area contributed by atoms with Gasteiger partial charge in [0, 0.05) is 25.6 Å². The second kappa shape index (κ2) is 8.35. The lowest BCUT2D eigenvalue weighted by Gasteiger charge is -2.19. The van der Waals surface area contributed by atoms with Crippen molar-refractivity contribution in [2.45, 2.75) is 25.3 Å². The first-order valence-corrected chi connectivity index (χ1v) is 9.34. The number of rotatable bonds is 6. The SMILES string of the molecule is NCCC[C@@H]1CN(Cc2ccccc2)C[C@@H]1c1ccc(Cl)c(Cl)c1. The minimum atomic E-state index is 0.495. The van der Waals surface area contributed by atoms with Gasteiger partial charge in [0.1, 0.15) is 0 Å². The number of benzene rings is 2. The van der Waals surface area contributed by atoms with Gasteiger partial charge in [-0.15, -0.1) is 0 Å². The highest BCUT2D eigenvalue weighted by atomic mass is 35.5. The fourth-order valence-corrected chi connectivity index (χ4v) is 4.03. The third-order valence-electron chi connectivity index (χ3n) is 4.92. The molecule has 0 unspecified atom stereocenters. The van der Waals surface area contributed by atoms with E-state index in [0.29, 0.717) is 21.9 Å². The highest BCUT2D eigenvalue weighted by Crippen LogP contribution is 2.38. The molecule has 0 aliphatic carbocycles. The van der Waals surface area contributed by atoms with Crippen molar-refractivity contribution < 1.29 is 0 Å². The molecule has 1 heterocycles. The molecule has 2 atom stereocenters. The molecule has 0 radical (unpaired) electrons. The summed E-state index contributed by atoms with van der Waals surface area (Å²) in [6.07, 6.45) is 2.23. The lowest BCUT2D eigenvalue weighted by atomic mass is 9.86. The van der Waals surface area contributed by atoms with E-state index in [0.717, 1.165) is 39.0 Å². The first kappa shape index (κ1) is 17.8. The minimum Gasteiger partial charge on any atom is -0.330 e. The summed E-state index contributed by atoms with van der Waals surface area (Å²) < 4.78 is 0. The van der Waals surface area contributed by atoms with Crippen molar-refractivity contribution in [1.29, 1.82) is 0 Å². The predicted octanol–water partition coefficient (Wildman–Crippen LogP) is 4.95. The molecule has 0 saturated carbocycles. The van der Waals surface area contributed by atoms with Gasteiger partial charge in [-0.05, 0) is 48.6 Å². The van der Waals surface area contributed by atoms with Crippen molar-refractivity contribution in [3.63, 3.8) is 0 Å². The number of hydrogen-bond donors (Lipinski definition) is 1. The molecule has 2 aromatic rings. The Kier molecular flexibility index (Phi) is 6.18. The maximum Gasteiger partial charge on any atom is 0.0595 e. The van der Waals surface area contributed by atoms with Crippen LogP contribution < -0.4 is 5.73 Å². The molecule has 4 heteroatoms. The Bertz CT molecular complexity index is 660. The van der Waals surface area contributed by atoms with Crippen molar-refractivity contribution in [2.75, 3.05) is 19.6 Å². The van der Waals surface area contributed by atoms with Crippen LogP contribution in [0.3, 0.4) is 0 Å². The molecule has 128 valence electrons. The summed E-state index contributed by atoms with van der Waals surface area (Å²) in [5.41, 5.74) is 8.40. The largest absolute Gasteiger partial charge is 0.330 e. The third-order valence-corrected chi connectivity index (χ3v) is 5.66. The van der Waals surface area contributed by atoms with E-state index in [1.807, 2.05) is 12.1 Å². The van der Waals surface area contributed by atoms with Crippen LogP contribution in [0.25, 0.3) is 0 Å². The molecule has 1 saturated heterocycles. The molecule has 0 aromatic heterocycles. The van der Waals surface area contributed by atoms with Gasteiger partial charge in [-0.25, -0.2) is 0 Å². The standard InChI is InChI=1S/C20H24Cl2N2/c21-19-9-8-16(11-20(19)22)18-14-24(13-17(18)7-4-10-23)12-15-5-2-1-3-6-15/h1-3,5-6,8-9,11,17-18H,4,7,10,12-14,23H2/t17-,18-/m1/s1. The minimum absolute atomic E-state index is 0.495. The molecule has 1 aliphatic heterocycles. The fourth-order valence-electron chi connectivity index (χ4n) is 3.72. The normalized spacial score (nSPS) is 21.3. The van der Waals surface area contributed by atoms with Crippen molar-refractivity contribution in [3.8, 4) is 0 Å². The number of likely N-dealkylation sites (tertiary alicyclic amines) is 1. The lowest BCUT2D eigenvalue weighted by Crippen LogP contribution is -2.20. The van der Waals surface area contributed by atoms with Crippen molar-refractivity contribution in [2.24, 2.45) is 11.7 Å². The molecule has 24 heavy (non-hydrogen) atoms. The second-order valence-electron chi connectivity index (χ2n) is 6.65. The average Bonchev–Trinajstić information content (AvgIpc) is 2.99. The van der Waals surface area contributed by atoms with Crippen LogP contribution in [0.4, 0.5) is 0 Å². The van der Waals surface area contributed by atoms with Gasteiger partial charge in [-0.1, -0.05) is 59.6 Å². The van der Waals surface area contributed by atoms with E-state index in [9.17, 15) is 0 Å². The monoisotopic (exact) mass is 362 g/mol. The molecule has 0 amide bonds. The van der Waals surface area contributed by atoms with Gasteiger partial charge in [-0.3, -0.25) is 4.90 Å². The maximum absolute atomic E-state index is 6.24. The first-order valence-electron chi connectivity index (χ1n) is 8.58. The van der Waals surface area contributed by atoms with Crippen LogP contribution in [-0.4, -0.2) is 24.5 Å².